The largest absolute Gasteiger partial charge is 0.325 e. The van der Waals surface area contributed by atoms with Gasteiger partial charge in [0.15, 0.2) is 0 Å². The van der Waals surface area contributed by atoms with E-state index in [9.17, 15) is 0 Å². The van der Waals surface area contributed by atoms with Crippen LogP contribution in [-0.4, -0.2) is 10.5 Å². The van der Waals surface area contributed by atoms with Gasteiger partial charge in [-0.2, -0.15) is 0 Å². The minimum atomic E-state index is 0.0809. The summed E-state index contributed by atoms with van der Waals surface area (Å²) in [6.45, 7) is 0. The lowest BCUT2D eigenvalue weighted by molar-refractivity contribution is 0.675. The first-order valence-electron chi connectivity index (χ1n) is 5.37. The molecule has 1 heterocycles. The summed E-state index contributed by atoms with van der Waals surface area (Å²) in [4.78, 5) is 4.13. The van der Waals surface area contributed by atoms with E-state index in [0.29, 0.717) is 0 Å². The van der Waals surface area contributed by atoms with Crippen LogP contribution in [0, 0.1) is 0 Å². The first-order chi connectivity index (χ1) is 7.27. The summed E-state index contributed by atoms with van der Waals surface area (Å²) >= 11 is 0. The van der Waals surface area contributed by atoms with Gasteiger partial charge < -0.3 is 5.73 Å². The molecule has 1 fully saturated rings. The quantitative estimate of drug-likeness (QED) is 0.804. The van der Waals surface area contributed by atoms with Gasteiger partial charge in [0, 0.05) is 23.3 Å². The Hall–Kier alpha value is -1.41. The molecule has 1 aliphatic rings. The van der Waals surface area contributed by atoms with Crippen molar-refractivity contribution in [2.75, 3.05) is 0 Å². The van der Waals surface area contributed by atoms with Crippen molar-refractivity contribution < 1.29 is 0 Å². The lowest BCUT2D eigenvalue weighted by Gasteiger charge is -2.10. The Bertz CT molecular complexity index is 495. The summed E-state index contributed by atoms with van der Waals surface area (Å²) < 4.78 is 0. The summed E-state index contributed by atoms with van der Waals surface area (Å²) in [6, 6.07) is 8.44. The van der Waals surface area contributed by atoms with Crippen LogP contribution in [0.2, 0.25) is 0 Å². The average molecular weight is 198 g/mol. The first-order valence-corrected chi connectivity index (χ1v) is 5.37. The molecule has 2 N–H and O–H groups in total. The Morgan fingerprint density at radius 3 is 2.93 bits per heavy atom. The second kappa shape index (κ2) is 3.04. The van der Waals surface area contributed by atoms with Crippen LogP contribution in [0.1, 0.15) is 18.4 Å². The summed E-state index contributed by atoms with van der Waals surface area (Å²) in [7, 11) is 0. The van der Waals surface area contributed by atoms with Gasteiger partial charge in [0.1, 0.15) is 0 Å². The van der Waals surface area contributed by atoms with Crippen molar-refractivity contribution in [3.63, 3.8) is 0 Å². The molecule has 0 spiro atoms. The molecule has 0 saturated heterocycles. The van der Waals surface area contributed by atoms with E-state index >= 15 is 0 Å². The summed E-state index contributed by atoms with van der Waals surface area (Å²) in [5, 5.41) is 2.50. The number of hydrogen-bond donors (Lipinski definition) is 1. The smallest absolute Gasteiger partial charge is 0.0346 e. The molecule has 0 aliphatic heterocycles. The highest BCUT2D eigenvalue weighted by Crippen LogP contribution is 2.36. The predicted octanol–water partition coefficient (Wildman–Crippen LogP) is 2.27. The number of rotatable bonds is 2. The molecule has 1 aliphatic carbocycles. The fraction of sp³-hybridized carbons (Fsp3) is 0.308. The number of hydrogen-bond acceptors (Lipinski definition) is 2. The number of nitrogens with two attached hydrogens (primary N) is 1. The van der Waals surface area contributed by atoms with Crippen molar-refractivity contribution in [2.24, 2.45) is 5.73 Å². The van der Waals surface area contributed by atoms with Gasteiger partial charge in [0.25, 0.3) is 0 Å². The van der Waals surface area contributed by atoms with Gasteiger partial charge in [-0.1, -0.05) is 18.2 Å². The number of fused-ring (bicyclic) bond motifs is 1. The number of pyridine rings is 1. The Balaban J connectivity index is 2.09. The van der Waals surface area contributed by atoms with E-state index in [1.54, 1.807) is 0 Å². The highest BCUT2D eigenvalue weighted by atomic mass is 14.8. The molecule has 1 aromatic heterocycles. The topological polar surface area (TPSA) is 38.9 Å². The molecule has 2 aromatic rings. The van der Waals surface area contributed by atoms with E-state index in [1.165, 1.54) is 16.3 Å². The van der Waals surface area contributed by atoms with Gasteiger partial charge in [-0.25, -0.2) is 0 Å². The minimum Gasteiger partial charge on any atom is -0.325 e. The van der Waals surface area contributed by atoms with Gasteiger partial charge in [-0.3, -0.25) is 4.98 Å². The van der Waals surface area contributed by atoms with Crippen molar-refractivity contribution in [3.8, 4) is 0 Å². The second-order valence-electron chi connectivity index (χ2n) is 4.55. The van der Waals surface area contributed by atoms with Crippen LogP contribution in [-0.2, 0) is 6.42 Å². The zero-order valence-electron chi connectivity index (χ0n) is 8.61. The van der Waals surface area contributed by atoms with Gasteiger partial charge in [-0.05, 0) is 36.3 Å². The summed E-state index contributed by atoms with van der Waals surface area (Å²) in [5.41, 5.74) is 7.59. The zero-order chi connectivity index (χ0) is 10.3. The summed E-state index contributed by atoms with van der Waals surface area (Å²) in [5.74, 6) is 0. The average Bonchev–Trinajstić information content (AvgIpc) is 2.97. The zero-order valence-corrected chi connectivity index (χ0v) is 8.61. The van der Waals surface area contributed by atoms with E-state index in [0.717, 1.165) is 19.3 Å². The van der Waals surface area contributed by atoms with Crippen LogP contribution >= 0.6 is 0 Å². The van der Waals surface area contributed by atoms with Crippen molar-refractivity contribution >= 4 is 10.8 Å². The van der Waals surface area contributed by atoms with E-state index in [2.05, 4.69) is 29.2 Å². The van der Waals surface area contributed by atoms with Crippen molar-refractivity contribution in [2.45, 2.75) is 24.8 Å². The lowest BCUT2D eigenvalue weighted by Crippen LogP contribution is -2.24. The number of benzene rings is 1. The molecule has 2 nitrogen and oxygen atoms in total. The van der Waals surface area contributed by atoms with E-state index < -0.39 is 0 Å². The van der Waals surface area contributed by atoms with Gasteiger partial charge in [-0.15, -0.1) is 0 Å². The Morgan fingerprint density at radius 1 is 1.27 bits per heavy atom. The molecule has 0 unspecified atom stereocenters. The minimum absolute atomic E-state index is 0.0809. The van der Waals surface area contributed by atoms with E-state index in [1.807, 2.05) is 12.4 Å². The fourth-order valence-corrected chi connectivity index (χ4v) is 2.06. The normalized spacial score (nSPS) is 17.9. The van der Waals surface area contributed by atoms with Crippen LogP contribution in [0.25, 0.3) is 10.8 Å². The lowest BCUT2D eigenvalue weighted by atomic mass is 9.99. The van der Waals surface area contributed by atoms with Crippen LogP contribution in [0.15, 0.2) is 36.7 Å². The molecule has 2 heteroatoms. The molecule has 15 heavy (non-hydrogen) atoms. The van der Waals surface area contributed by atoms with Crippen molar-refractivity contribution in [1.82, 2.24) is 4.98 Å². The number of aromatic nitrogens is 1. The van der Waals surface area contributed by atoms with E-state index in [4.69, 9.17) is 5.73 Å². The second-order valence-corrected chi connectivity index (χ2v) is 4.55. The Labute approximate surface area is 89.1 Å². The Morgan fingerprint density at radius 2 is 2.13 bits per heavy atom. The van der Waals surface area contributed by atoms with Crippen LogP contribution in [0.4, 0.5) is 0 Å². The molecule has 0 amide bonds. The molecule has 0 atom stereocenters. The maximum Gasteiger partial charge on any atom is 0.0346 e. The maximum absolute atomic E-state index is 6.15. The number of nitrogens with zero attached hydrogens (tertiary/aromatic N) is 1. The van der Waals surface area contributed by atoms with Gasteiger partial charge >= 0.3 is 0 Å². The SMILES string of the molecule is NC1(Cc2cccc3cnccc23)CC1. The van der Waals surface area contributed by atoms with Crippen LogP contribution in [0.3, 0.4) is 0 Å². The first kappa shape index (κ1) is 8.86. The molecular formula is C13H14N2. The maximum atomic E-state index is 6.15. The molecule has 76 valence electrons. The molecule has 1 saturated carbocycles. The van der Waals surface area contributed by atoms with E-state index in [-0.39, 0.29) is 5.54 Å². The third-order valence-electron chi connectivity index (χ3n) is 3.21. The third-order valence-corrected chi connectivity index (χ3v) is 3.21. The molecule has 3 rings (SSSR count). The van der Waals surface area contributed by atoms with Crippen LogP contribution < -0.4 is 5.73 Å². The third kappa shape index (κ3) is 1.61. The highest BCUT2D eigenvalue weighted by molar-refractivity contribution is 5.84. The van der Waals surface area contributed by atoms with Crippen molar-refractivity contribution in [3.05, 3.63) is 42.2 Å². The standard InChI is InChI=1S/C13H14N2/c14-13(5-6-13)8-10-2-1-3-11-9-15-7-4-12(10)11/h1-4,7,9H,5-6,8,14H2. The van der Waals surface area contributed by atoms with Crippen molar-refractivity contribution in [1.29, 1.82) is 0 Å². The molecule has 0 bridgehead atoms. The van der Waals surface area contributed by atoms with Gasteiger partial charge in [0.05, 0.1) is 0 Å². The molecule has 0 radical (unpaired) electrons. The van der Waals surface area contributed by atoms with Crippen LogP contribution in [0.5, 0.6) is 0 Å². The Kier molecular flexibility index (Phi) is 1.80. The predicted molar refractivity (Wildman–Crippen MR) is 61.6 cm³/mol. The monoisotopic (exact) mass is 198 g/mol. The fourth-order valence-electron chi connectivity index (χ4n) is 2.06. The molecular weight excluding hydrogens is 184 g/mol. The molecule has 1 aromatic carbocycles. The highest BCUT2D eigenvalue weighted by Gasteiger charge is 2.38. The van der Waals surface area contributed by atoms with Gasteiger partial charge in [0.2, 0.25) is 0 Å². The summed E-state index contributed by atoms with van der Waals surface area (Å²) in [6.07, 6.45) is 7.08.